The second-order valence-corrected chi connectivity index (χ2v) is 17.0. The zero-order valence-electron chi connectivity index (χ0n) is 35.7. The minimum Gasteiger partial charge on any atom is -0.458 e. The highest BCUT2D eigenvalue weighted by Gasteiger charge is 2.57. The van der Waals surface area contributed by atoms with Gasteiger partial charge in [0, 0.05) is 26.6 Å². The van der Waals surface area contributed by atoms with Crippen LogP contribution in [0.1, 0.15) is 93.4 Å². The average molecular weight is 857 g/mol. The van der Waals surface area contributed by atoms with Crippen molar-refractivity contribution < 1.29 is 68.4 Å². The summed E-state index contributed by atoms with van der Waals surface area (Å²) in [4.78, 5) is 97.5. The Morgan fingerprint density at radius 1 is 0.933 bits per heavy atom. The van der Waals surface area contributed by atoms with Crippen LogP contribution in [0.4, 0.5) is 0 Å². The first-order chi connectivity index (χ1) is 28.1. The number of aliphatic hydroxyl groups is 2. The zero-order chi connectivity index (χ0) is 44.9. The van der Waals surface area contributed by atoms with Gasteiger partial charge in [0.1, 0.15) is 24.2 Å². The van der Waals surface area contributed by atoms with Crippen molar-refractivity contribution in [2.75, 3.05) is 33.4 Å². The summed E-state index contributed by atoms with van der Waals surface area (Å²) in [7, 11) is 1.20. The Morgan fingerprint density at radius 2 is 1.52 bits per heavy atom. The molecule has 6 amide bonds. The van der Waals surface area contributed by atoms with Gasteiger partial charge in [0.2, 0.25) is 11.7 Å². The molecule has 0 saturated carbocycles. The summed E-state index contributed by atoms with van der Waals surface area (Å²) < 4.78 is 16.9. The van der Waals surface area contributed by atoms with Crippen molar-refractivity contribution in [2.45, 2.75) is 147 Å². The number of nitrogens with zero attached hydrogens (tertiary/aromatic N) is 4. The van der Waals surface area contributed by atoms with Crippen LogP contribution in [0.5, 0.6) is 0 Å². The number of hydrazine groups is 2. The summed E-state index contributed by atoms with van der Waals surface area (Å²) in [5.41, 5.74) is 2.83. The molecule has 0 aromatic rings. The predicted octanol–water partition coefficient (Wildman–Crippen LogP) is -1.70. The SMILES string of the molecule is COC[C@@H]1C(=O)NCC(=O)N2NCCC[C@@H]2C(=O)N(O)[C@H](C)C(=O)O[C@@H](C(C)C)[C@H](NC(=O)[C@](C)(O)[C@]2(O)CC[C@@H](CC(C)C)[C@H](C)O2)C(=O)N2NCCC[C@@H]2C(=O)N1O. The highest BCUT2D eigenvalue weighted by Crippen LogP contribution is 2.40. The maximum absolute atomic E-state index is 14.8. The van der Waals surface area contributed by atoms with Gasteiger partial charge in [-0.15, -0.1) is 0 Å². The van der Waals surface area contributed by atoms with E-state index in [1.54, 1.807) is 6.92 Å². The Morgan fingerprint density at radius 3 is 2.08 bits per heavy atom. The highest BCUT2D eigenvalue weighted by atomic mass is 16.6. The summed E-state index contributed by atoms with van der Waals surface area (Å²) in [6.07, 6.45) is -0.563. The van der Waals surface area contributed by atoms with Gasteiger partial charge in [-0.3, -0.25) is 49.2 Å². The normalized spacial score (nSPS) is 33.3. The first-order valence-corrected chi connectivity index (χ1v) is 20.6. The second kappa shape index (κ2) is 20.2. The van der Waals surface area contributed by atoms with Crippen molar-refractivity contribution in [1.29, 1.82) is 0 Å². The molecule has 0 aromatic heterocycles. The van der Waals surface area contributed by atoms with E-state index in [-0.39, 0.29) is 48.4 Å². The molecule has 0 aliphatic carbocycles. The highest BCUT2D eigenvalue weighted by molar-refractivity contribution is 5.97. The predicted molar refractivity (Wildman–Crippen MR) is 206 cm³/mol. The van der Waals surface area contributed by atoms with E-state index in [0.29, 0.717) is 25.2 Å². The van der Waals surface area contributed by atoms with E-state index in [0.717, 1.165) is 30.3 Å². The molecular formula is C38H64N8O14. The van der Waals surface area contributed by atoms with Crippen molar-refractivity contribution in [3.8, 4) is 0 Å². The summed E-state index contributed by atoms with van der Waals surface area (Å²) in [6.45, 7) is 10.1. The fraction of sp³-hybridized carbons (Fsp3) is 0.816. The topological polar surface area (TPSA) is 289 Å². The number of esters is 1. The molecular weight excluding hydrogens is 792 g/mol. The van der Waals surface area contributed by atoms with E-state index in [4.69, 9.17) is 14.2 Å². The number of hydrogen-bond acceptors (Lipinski definition) is 16. The van der Waals surface area contributed by atoms with Gasteiger partial charge in [0.05, 0.1) is 19.3 Å². The molecule has 8 N–H and O–H groups in total. The van der Waals surface area contributed by atoms with Gasteiger partial charge >= 0.3 is 5.97 Å². The molecule has 22 nitrogen and oxygen atoms in total. The summed E-state index contributed by atoms with van der Waals surface area (Å²) in [5.74, 6) is -10.7. The summed E-state index contributed by atoms with van der Waals surface area (Å²) in [5, 5.41) is 52.5. The Balaban J connectivity index is 1.79. The molecule has 0 unspecified atom stereocenters. The summed E-state index contributed by atoms with van der Waals surface area (Å²) >= 11 is 0. The number of cyclic esters (lactones) is 1. The van der Waals surface area contributed by atoms with Crippen LogP contribution in [-0.4, -0.2) is 169 Å². The Bertz CT molecular complexity index is 1600. The van der Waals surface area contributed by atoms with Crippen molar-refractivity contribution in [3.63, 3.8) is 0 Å². The second-order valence-electron chi connectivity index (χ2n) is 17.0. The van der Waals surface area contributed by atoms with E-state index >= 15 is 0 Å². The molecule has 4 aliphatic heterocycles. The standard InChI is InChI=1S/C38H64N8O14/c1-20(2)17-24-13-14-38(55,60-23(24)6)37(7,54)36(53)42-29-30(21(3)4)59-35(52)22(5)45(56)32(49)25-11-9-15-40-43(25)28(47)18-39-31(48)27(19-58-8)46(57)33(50)26-12-10-16-41-44(26)34(29)51/h20-27,29-30,40-41,54-57H,9-19H2,1-8H3,(H,39,48)(H,42,53)/t22-,23+,24+,25-,26-,27-,29+,30+,37+,38+/m1/s1. The maximum atomic E-state index is 14.8. The van der Waals surface area contributed by atoms with Crippen molar-refractivity contribution in [3.05, 3.63) is 0 Å². The Labute approximate surface area is 349 Å². The molecule has 4 saturated heterocycles. The van der Waals surface area contributed by atoms with E-state index in [2.05, 4.69) is 21.5 Å². The molecule has 0 bridgehead atoms. The largest absolute Gasteiger partial charge is 0.458 e. The zero-order valence-corrected chi connectivity index (χ0v) is 35.7. The van der Waals surface area contributed by atoms with E-state index in [1.807, 2.05) is 13.8 Å². The van der Waals surface area contributed by atoms with Crippen LogP contribution in [0.15, 0.2) is 0 Å². The third-order valence-electron chi connectivity index (χ3n) is 11.7. The number of rotatable bonds is 8. The molecule has 60 heavy (non-hydrogen) atoms. The fourth-order valence-corrected chi connectivity index (χ4v) is 8.03. The number of hydroxylamine groups is 4. The van der Waals surface area contributed by atoms with Crippen molar-refractivity contribution in [1.82, 2.24) is 41.6 Å². The number of hydrogen-bond donors (Lipinski definition) is 8. The van der Waals surface area contributed by atoms with Crippen LogP contribution < -0.4 is 21.5 Å². The molecule has 0 spiro atoms. The maximum Gasteiger partial charge on any atom is 0.331 e. The Hall–Kier alpha value is -4.03. The van der Waals surface area contributed by atoms with E-state index in [1.165, 1.54) is 21.0 Å². The number of nitrogens with one attached hydrogen (secondary N) is 4. The Kier molecular flexibility index (Phi) is 16.4. The molecule has 4 heterocycles. The molecule has 4 rings (SSSR count). The third-order valence-corrected chi connectivity index (χ3v) is 11.7. The van der Waals surface area contributed by atoms with Gasteiger partial charge in [0.25, 0.3) is 29.5 Å². The third kappa shape index (κ3) is 10.5. The molecule has 0 aromatic carbocycles. The van der Waals surface area contributed by atoms with Crippen LogP contribution in [0.3, 0.4) is 0 Å². The molecule has 4 aliphatic rings. The van der Waals surface area contributed by atoms with Crippen LogP contribution >= 0.6 is 0 Å². The molecule has 340 valence electrons. The lowest BCUT2D eigenvalue weighted by atomic mass is 9.79. The minimum atomic E-state index is -2.72. The van der Waals surface area contributed by atoms with Gasteiger partial charge in [-0.1, -0.05) is 27.7 Å². The van der Waals surface area contributed by atoms with E-state index in [9.17, 15) is 54.2 Å². The molecule has 22 heteroatoms. The summed E-state index contributed by atoms with van der Waals surface area (Å²) in [6, 6.07) is -8.32. The van der Waals surface area contributed by atoms with Gasteiger partial charge in [-0.25, -0.2) is 25.8 Å². The number of methoxy groups -OCH3 is 1. The fourth-order valence-electron chi connectivity index (χ4n) is 8.03. The van der Waals surface area contributed by atoms with Gasteiger partial charge < -0.3 is 35.1 Å². The lowest BCUT2D eigenvalue weighted by Gasteiger charge is -2.47. The monoisotopic (exact) mass is 856 g/mol. The number of fused-ring (bicyclic) bond motifs is 2. The quantitative estimate of drug-likeness (QED) is 0.0998. The number of carbonyl (C=O) groups excluding carboxylic acids is 7. The number of carbonyl (C=O) groups is 7. The van der Waals surface area contributed by atoms with Gasteiger partial charge in [0.15, 0.2) is 17.7 Å². The average Bonchev–Trinajstić information content (AvgIpc) is 3.21. The van der Waals surface area contributed by atoms with Crippen molar-refractivity contribution in [2.24, 2.45) is 17.8 Å². The van der Waals surface area contributed by atoms with Gasteiger partial charge in [-0.2, -0.15) is 0 Å². The van der Waals surface area contributed by atoms with Crippen LogP contribution in [-0.2, 0) is 47.8 Å². The van der Waals surface area contributed by atoms with Crippen LogP contribution in [0, 0.1) is 17.8 Å². The number of ether oxygens (including phenoxy) is 3. The van der Waals surface area contributed by atoms with Crippen molar-refractivity contribution >= 4 is 41.4 Å². The molecule has 0 radical (unpaired) electrons. The van der Waals surface area contributed by atoms with Crippen LogP contribution in [0.25, 0.3) is 0 Å². The molecule has 10 atom stereocenters. The molecule has 4 fully saturated rings. The van der Waals surface area contributed by atoms with E-state index < -0.39 is 114 Å². The minimum absolute atomic E-state index is 0.0137. The first-order valence-electron chi connectivity index (χ1n) is 20.6. The lowest BCUT2D eigenvalue weighted by Crippen LogP contribution is -2.70. The van der Waals surface area contributed by atoms with Crippen LogP contribution in [0.2, 0.25) is 0 Å². The first kappa shape index (κ1) is 48.6. The lowest BCUT2D eigenvalue weighted by molar-refractivity contribution is -0.326. The number of amides is 6. The van der Waals surface area contributed by atoms with Gasteiger partial charge in [-0.05, 0) is 77.0 Å². The smallest absolute Gasteiger partial charge is 0.331 e.